The maximum atomic E-state index is 11.4. The molecule has 0 saturated heterocycles. The molecule has 0 aromatic carbocycles. The van der Waals surface area contributed by atoms with Crippen molar-refractivity contribution in [2.45, 2.75) is 38.8 Å². The van der Waals surface area contributed by atoms with Crippen molar-refractivity contribution >= 4 is 17.3 Å². The van der Waals surface area contributed by atoms with E-state index in [4.69, 9.17) is 0 Å². The molecule has 2 aromatic rings. The smallest absolute Gasteiger partial charge is 0.323 e. The van der Waals surface area contributed by atoms with Gasteiger partial charge in [0.2, 0.25) is 0 Å². The second-order valence-electron chi connectivity index (χ2n) is 5.19. The molecule has 114 valence electrons. The predicted octanol–water partition coefficient (Wildman–Crippen LogP) is 2.84. The van der Waals surface area contributed by atoms with Crippen LogP contribution in [0.2, 0.25) is 0 Å². The Morgan fingerprint density at radius 3 is 3.00 bits per heavy atom. The molecule has 0 aliphatic heterocycles. The average Bonchev–Trinajstić information content (AvgIpc) is 3.08. The largest absolute Gasteiger partial charge is 0.480 e. The Labute approximate surface area is 128 Å². The standard InChI is InChI=1S/C15H21N3O2S/c1-3-17-15(2,14(19)20)7-5-9-18-10-8-16-13(18)12-6-4-11-21-12/h4,6,8,10-11,17H,3,5,7,9H2,1-2H3,(H,19,20). The van der Waals surface area contributed by atoms with Crippen molar-refractivity contribution in [3.8, 4) is 10.7 Å². The number of nitrogens with zero attached hydrogens (tertiary/aromatic N) is 2. The molecule has 0 fully saturated rings. The highest BCUT2D eigenvalue weighted by atomic mass is 32.1. The Hall–Kier alpha value is -1.66. The fourth-order valence-corrected chi connectivity index (χ4v) is 3.12. The minimum Gasteiger partial charge on any atom is -0.480 e. The number of carbonyl (C=O) groups is 1. The van der Waals surface area contributed by atoms with Gasteiger partial charge in [0.1, 0.15) is 11.4 Å². The Balaban J connectivity index is 1.98. The molecule has 0 aliphatic rings. The van der Waals surface area contributed by atoms with E-state index in [1.807, 2.05) is 30.6 Å². The normalized spacial score (nSPS) is 14.0. The number of carboxylic acid groups (broad SMARTS) is 1. The lowest BCUT2D eigenvalue weighted by atomic mass is 9.96. The fraction of sp³-hybridized carbons (Fsp3) is 0.467. The van der Waals surface area contributed by atoms with Crippen LogP contribution >= 0.6 is 11.3 Å². The Kier molecular flexibility index (Phi) is 5.14. The third-order valence-electron chi connectivity index (χ3n) is 3.57. The van der Waals surface area contributed by atoms with Gasteiger partial charge in [0.15, 0.2) is 0 Å². The average molecular weight is 307 g/mol. The fourth-order valence-electron chi connectivity index (χ4n) is 2.38. The molecule has 1 atom stereocenters. The van der Waals surface area contributed by atoms with Crippen LogP contribution in [0, 0.1) is 0 Å². The quantitative estimate of drug-likeness (QED) is 0.787. The summed E-state index contributed by atoms with van der Waals surface area (Å²) in [6, 6.07) is 4.05. The first-order valence-corrected chi connectivity index (χ1v) is 7.98. The van der Waals surface area contributed by atoms with Crippen LogP contribution < -0.4 is 5.32 Å². The number of aryl methyl sites for hydroxylation is 1. The van der Waals surface area contributed by atoms with Gasteiger partial charge in [-0.2, -0.15) is 0 Å². The van der Waals surface area contributed by atoms with Gasteiger partial charge >= 0.3 is 5.97 Å². The summed E-state index contributed by atoms with van der Waals surface area (Å²) in [6.45, 7) is 5.08. The summed E-state index contributed by atoms with van der Waals surface area (Å²) in [4.78, 5) is 16.9. The number of hydrogen-bond acceptors (Lipinski definition) is 4. The van der Waals surface area contributed by atoms with Crippen molar-refractivity contribution in [2.75, 3.05) is 6.54 Å². The molecule has 0 bridgehead atoms. The topological polar surface area (TPSA) is 67.2 Å². The van der Waals surface area contributed by atoms with Gasteiger partial charge < -0.3 is 15.0 Å². The molecule has 2 aromatic heterocycles. The van der Waals surface area contributed by atoms with Crippen molar-refractivity contribution in [2.24, 2.45) is 0 Å². The van der Waals surface area contributed by atoms with Crippen LogP contribution in [0.15, 0.2) is 29.9 Å². The number of carboxylic acids is 1. The van der Waals surface area contributed by atoms with E-state index in [-0.39, 0.29) is 0 Å². The number of aliphatic carboxylic acids is 1. The van der Waals surface area contributed by atoms with E-state index in [1.54, 1.807) is 24.5 Å². The molecule has 2 heterocycles. The van der Waals surface area contributed by atoms with Gasteiger partial charge in [0, 0.05) is 18.9 Å². The van der Waals surface area contributed by atoms with Gasteiger partial charge in [-0.15, -0.1) is 11.3 Å². The van der Waals surface area contributed by atoms with Crippen LogP contribution in [-0.2, 0) is 11.3 Å². The summed E-state index contributed by atoms with van der Waals surface area (Å²) in [5.41, 5.74) is -0.863. The Bertz CT molecular complexity index is 580. The van der Waals surface area contributed by atoms with E-state index in [0.717, 1.165) is 23.7 Å². The van der Waals surface area contributed by atoms with Crippen LogP contribution in [0.4, 0.5) is 0 Å². The first kappa shape index (κ1) is 15.7. The molecular weight excluding hydrogens is 286 g/mol. The van der Waals surface area contributed by atoms with E-state index in [0.29, 0.717) is 13.0 Å². The molecule has 5 nitrogen and oxygen atoms in total. The van der Waals surface area contributed by atoms with Crippen LogP contribution in [-0.4, -0.2) is 32.7 Å². The number of nitrogens with one attached hydrogen (secondary N) is 1. The molecule has 0 aliphatic carbocycles. The van der Waals surface area contributed by atoms with Crippen molar-refractivity contribution in [1.82, 2.24) is 14.9 Å². The highest BCUT2D eigenvalue weighted by molar-refractivity contribution is 7.13. The molecule has 2 rings (SSSR count). The Morgan fingerprint density at radius 2 is 2.38 bits per heavy atom. The highest BCUT2D eigenvalue weighted by Crippen LogP contribution is 2.23. The van der Waals surface area contributed by atoms with Crippen LogP contribution in [0.1, 0.15) is 26.7 Å². The van der Waals surface area contributed by atoms with E-state index in [2.05, 4.69) is 14.9 Å². The minimum absolute atomic E-state index is 0.582. The summed E-state index contributed by atoms with van der Waals surface area (Å²) in [5.74, 6) is 0.152. The maximum Gasteiger partial charge on any atom is 0.323 e. The lowest BCUT2D eigenvalue weighted by Crippen LogP contribution is -2.49. The summed E-state index contributed by atoms with van der Waals surface area (Å²) < 4.78 is 2.08. The van der Waals surface area contributed by atoms with Gasteiger partial charge in [-0.25, -0.2) is 4.98 Å². The van der Waals surface area contributed by atoms with Crippen molar-refractivity contribution in [3.05, 3.63) is 29.9 Å². The van der Waals surface area contributed by atoms with Crippen molar-refractivity contribution in [1.29, 1.82) is 0 Å². The van der Waals surface area contributed by atoms with Crippen LogP contribution in [0.25, 0.3) is 10.7 Å². The van der Waals surface area contributed by atoms with Gasteiger partial charge in [-0.05, 0) is 37.8 Å². The van der Waals surface area contributed by atoms with E-state index < -0.39 is 11.5 Å². The summed E-state index contributed by atoms with van der Waals surface area (Å²) >= 11 is 1.66. The number of rotatable bonds is 8. The molecule has 0 spiro atoms. The minimum atomic E-state index is -0.863. The lowest BCUT2D eigenvalue weighted by Gasteiger charge is -2.25. The van der Waals surface area contributed by atoms with Crippen molar-refractivity contribution < 1.29 is 9.90 Å². The van der Waals surface area contributed by atoms with E-state index in [1.165, 1.54) is 0 Å². The van der Waals surface area contributed by atoms with Crippen molar-refractivity contribution in [3.63, 3.8) is 0 Å². The monoisotopic (exact) mass is 307 g/mol. The number of likely N-dealkylation sites (N-methyl/N-ethyl adjacent to an activating group) is 1. The number of aromatic nitrogens is 2. The summed E-state index contributed by atoms with van der Waals surface area (Å²) in [6.07, 6.45) is 5.10. The zero-order valence-corrected chi connectivity index (χ0v) is 13.2. The van der Waals surface area contributed by atoms with Crippen LogP contribution in [0.5, 0.6) is 0 Å². The van der Waals surface area contributed by atoms with Gasteiger partial charge in [-0.1, -0.05) is 13.0 Å². The number of thiophene rings is 1. The first-order chi connectivity index (χ1) is 10.1. The zero-order valence-electron chi connectivity index (χ0n) is 12.4. The SMILES string of the molecule is CCNC(C)(CCCn1ccnc1-c1cccs1)C(=O)O. The lowest BCUT2D eigenvalue weighted by molar-refractivity contribution is -0.144. The van der Waals surface area contributed by atoms with Gasteiger partial charge in [-0.3, -0.25) is 4.79 Å². The first-order valence-electron chi connectivity index (χ1n) is 7.10. The molecule has 21 heavy (non-hydrogen) atoms. The molecule has 0 amide bonds. The highest BCUT2D eigenvalue weighted by Gasteiger charge is 2.31. The maximum absolute atomic E-state index is 11.4. The van der Waals surface area contributed by atoms with Gasteiger partial charge in [0.05, 0.1) is 4.88 Å². The summed E-state index contributed by atoms with van der Waals surface area (Å²) in [7, 11) is 0. The van der Waals surface area contributed by atoms with E-state index >= 15 is 0 Å². The second kappa shape index (κ2) is 6.87. The number of hydrogen-bond donors (Lipinski definition) is 2. The third-order valence-corrected chi connectivity index (χ3v) is 4.44. The summed E-state index contributed by atoms with van der Waals surface area (Å²) in [5, 5.41) is 14.4. The third kappa shape index (κ3) is 3.71. The second-order valence-corrected chi connectivity index (χ2v) is 6.14. The number of imidazole rings is 1. The molecule has 1 unspecified atom stereocenters. The molecular formula is C15H21N3O2S. The molecule has 0 radical (unpaired) electrons. The zero-order chi connectivity index (χ0) is 15.3. The molecule has 6 heteroatoms. The molecule has 2 N–H and O–H groups in total. The molecule has 0 saturated carbocycles. The van der Waals surface area contributed by atoms with Crippen LogP contribution in [0.3, 0.4) is 0 Å². The van der Waals surface area contributed by atoms with E-state index in [9.17, 15) is 9.90 Å². The predicted molar refractivity (Wildman–Crippen MR) is 84.5 cm³/mol. The van der Waals surface area contributed by atoms with Gasteiger partial charge in [0.25, 0.3) is 0 Å². The Morgan fingerprint density at radius 1 is 1.57 bits per heavy atom.